The van der Waals surface area contributed by atoms with Crippen LogP contribution in [0.3, 0.4) is 0 Å². The molecule has 4 nitrogen and oxygen atoms in total. The Bertz CT molecular complexity index is 641. The van der Waals surface area contributed by atoms with Gasteiger partial charge in [-0.15, -0.1) is 0 Å². The van der Waals surface area contributed by atoms with E-state index in [9.17, 15) is 10.2 Å². The number of aromatic hydroxyl groups is 1. The van der Waals surface area contributed by atoms with Gasteiger partial charge >= 0.3 is 0 Å². The second-order valence-electron chi connectivity index (χ2n) is 4.98. The summed E-state index contributed by atoms with van der Waals surface area (Å²) in [7, 11) is 0. The number of rotatable bonds is 1. The number of benzene rings is 1. The number of phenolic OH excluding ortho intramolecular Hbond substituents is 1. The van der Waals surface area contributed by atoms with Crippen LogP contribution in [0, 0.1) is 12.8 Å². The summed E-state index contributed by atoms with van der Waals surface area (Å²) in [4.78, 5) is 0. The van der Waals surface area contributed by atoms with Crippen LogP contribution in [0.5, 0.6) is 5.75 Å². The summed E-state index contributed by atoms with van der Waals surface area (Å²) in [5, 5.41) is 21.2. The molecule has 0 amide bonds. The van der Waals surface area contributed by atoms with Crippen molar-refractivity contribution in [3.05, 3.63) is 45.1 Å². The molecule has 0 bridgehead atoms. The average molecular weight is 315 g/mol. The normalized spacial score (nSPS) is 26.1. The lowest BCUT2D eigenvalue weighted by Crippen LogP contribution is -2.37. The smallest absolute Gasteiger partial charge is 0.139 e. The first-order chi connectivity index (χ1) is 9.21. The zero-order chi connectivity index (χ0) is 15.2. The number of anilines is 1. The first kappa shape index (κ1) is 15.0. The lowest BCUT2D eigenvalue weighted by atomic mass is 9.76. The van der Waals surface area contributed by atoms with Crippen LogP contribution in [0.1, 0.15) is 18.1 Å². The summed E-state index contributed by atoms with van der Waals surface area (Å²) in [5.41, 5.74) is 11.3. The third-order valence-electron chi connectivity index (χ3n) is 3.74. The SMILES string of the molecule is Cc1c(C2(O)C(Cl)=C(N)C=CC2C)cc(N)c(Cl)c1O. The van der Waals surface area contributed by atoms with Crippen molar-refractivity contribution in [3.8, 4) is 5.75 Å². The first-order valence-corrected chi connectivity index (χ1v) is 6.81. The number of allylic oxidation sites excluding steroid dienone is 1. The second-order valence-corrected chi connectivity index (χ2v) is 5.74. The van der Waals surface area contributed by atoms with Gasteiger partial charge in [0, 0.05) is 11.6 Å². The number of nitrogens with two attached hydrogens (primary N) is 2. The van der Waals surface area contributed by atoms with Gasteiger partial charge in [0.25, 0.3) is 0 Å². The third-order valence-corrected chi connectivity index (χ3v) is 4.65. The molecule has 1 aliphatic rings. The number of hydrogen-bond acceptors (Lipinski definition) is 4. The minimum atomic E-state index is -1.54. The molecule has 108 valence electrons. The lowest BCUT2D eigenvalue weighted by Gasteiger charge is -2.37. The summed E-state index contributed by atoms with van der Waals surface area (Å²) in [6, 6.07) is 1.52. The molecule has 2 rings (SSSR count). The van der Waals surface area contributed by atoms with Gasteiger partial charge in [0.2, 0.25) is 0 Å². The Labute approximate surface area is 127 Å². The maximum absolute atomic E-state index is 11.0. The van der Waals surface area contributed by atoms with Crippen LogP contribution >= 0.6 is 23.2 Å². The highest BCUT2D eigenvalue weighted by atomic mass is 35.5. The molecule has 0 saturated carbocycles. The van der Waals surface area contributed by atoms with Gasteiger partial charge in [-0.1, -0.05) is 36.2 Å². The van der Waals surface area contributed by atoms with E-state index in [1.165, 1.54) is 6.07 Å². The summed E-state index contributed by atoms with van der Waals surface area (Å²) < 4.78 is 0. The highest BCUT2D eigenvalue weighted by molar-refractivity contribution is 6.34. The van der Waals surface area contributed by atoms with Crippen LogP contribution in [0.25, 0.3) is 0 Å². The van der Waals surface area contributed by atoms with E-state index in [0.29, 0.717) is 11.1 Å². The van der Waals surface area contributed by atoms with Crippen molar-refractivity contribution in [1.29, 1.82) is 0 Å². The van der Waals surface area contributed by atoms with Crippen molar-refractivity contribution in [1.82, 2.24) is 0 Å². The Kier molecular flexibility index (Phi) is 3.67. The fourth-order valence-electron chi connectivity index (χ4n) is 2.40. The lowest BCUT2D eigenvalue weighted by molar-refractivity contribution is 0.0434. The summed E-state index contributed by atoms with van der Waals surface area (Å²) in [5.74, 6) is -0.499. The second kappa shape index (κ2) is 4.88. The van der Waals surface area contributed by atoms with E-state index in [1.807, 2.05) is 0 Å². The quantitative estimate of drug-likeness (QED) is 0.600. The Balaban J connectivity index is 2.76. The van der Waals surface area contributed by atoms with E-state index in [-0.39, 0.29) is 33.1 Å². The molecule has 1 aromatic carbocycles. The Hall–Kier alpha value is -1.36. The van der Waals surface area contributed by atoms with Crippen molar-refractivity contribution in [2.24, 2.45) is 11.7 Å². The van der Waals surface area contributed by atoms with Crippen molar-refractivity contribution < 1.29 is 10.2 Å². The van der Waals surface area contributed by atoms with Crippen molar-refractivity contribution in [2.45, 2.75) is 19.4 Å². The Morgan fingerprint density at radius 3 is 2.50 bits per heavy atom. The molecule has 6 heteroatoms. The first-order valence-electron chi connectivity index (χ1n) is 6.05. The predicted octanol–water partition coefficient (Wildman–Crippen LogP) is 2.74. The zero-order valence-corrected chi connectivity index (χ0v) is 12.6. The van der Waals surface area contributed by atoms with Crippen molar-refractivity contribution >= 4 is 28.9 Å². The molecule has 0 aromatic heterocycles. The fourth-order valence-corrected chi connectivity index (χ4v) is 2.93. The summed E-state index contributed by atoms with van der Waals surface area (Å²) in [6.45, 7) is 3.44. The van der Waals surface area contributed by atoms with Gasteiger partial charge in [-0.2, -0.15) is 0 Å². The topological polar surface area (TPSA) is 92.5 Å². The standard InChI is InChI=1S/C14H16Cl2N2O2/c1-6-3-4-9(17)13(16)14(6,20)8-5-10(18)11(15)12(19)7(8)2/h3-6,19-20H,17-18H2,1-2H3. The number of halogens is 2. The van der Waals surface area contributed by atoms with Crippen LogP contribution < -0.4 is 11.5 Å². The van der Waals surface area contributed by atoms with Gasteiger partial charge < -0.3 is 21.7 Å². The molecule has 0 spiro atoms. The summed E-state index contributed by atoms with van der Waals surface area (Å²) in [6.07, 6.45) is 3.40. The van der Waals surface area contributed by atoms with E-state index in [2.05, 4.69) is 0 Å². The number of aliphatic hydroxyl groups is 1. The van der Waals surface area contributed by atoms with E-state index in [4.69, 9.17) is 34.7 Å². The van der Waals surface area contributed by atoms with Gasteiger partial charge in [0.15, 0.2) is 0 Å². The van der Waals surface area contributed by atoms with Gasteiger partial charge in [-0.25, -0.2) is 0 Å². The monoisotopic (exact) mass is 314 g/mol. The van der Waals surface area contributed by atoms with Crippen LogP contribution in [0.2, 0.25) is 5.02 Å². The zero-order valence-electron chi connectivity index (χ0n) is 11.1. The summed E-state index contributed by atoms with van der Waals surface area (Å²) >= 11 is 12.1. The Morgan fingerprint density at radius 2 is 1.90 bits per heavy atom. The molecule has 2 unspecified atom stereocenters. The highest BCUT2D eigenvalue weighted by Crippen LogP contribution is 2.48. The predicted molar refractivity (Wildman–Crippen MR) is 81.5 cm³/mol. The van der Waals surface area contributed by atoms with E-state index in [1.54, 1.807) is 26.0 Å². The molecule has 20 heavy (non-hydrogen) atoms. The highest BCUT2D eigenvalue weighted by Gasteiger charge is 2.43. The average Bonchev–Trinajstić information content (AvgIpc) is 2.42. The molecule has 0 saturated heterocycles. The van der Waals surface area contributed by atoms with Crippen molar-refractivity contribution in [3.63, 3.8) is 0 Å². The molecule has 0 heterocycles. The fraction of sp³-hybridized carbons (Fsp3) is 0.286. The van der Waals surface area contributed by atoms with E-state index in [0.717, 1.165) is 0 Å². The molecule has 0 fully saturated rings. The molecule has 0 aliphatic heterocycles. The van der Waals surface area contributed by atoms with Crippen molar-refractivity contribution in [2.75, 3.05) is 5.73 Å². The Morgan fingerprint density at radius 1 is 1.30 bits per heavy atom. The molecule has 1 aliphatic carbocycles. The van der Waals surface area contributed by atoms with E-state index >= 15 is 0 Å². The maximum Gasteiger partial charge on any atom is 0.139 e. The molecule has 2 atom stereocenters. The van der Waals surface area contributed by atoms with Crippen LogP contribution in [0.15, 0.2) is 28.9 Å². The molecular formula is C14H16Cl2N2O2. The van der Waals surface area contributed by atoms with Gasteiger partial charge in [0.05, 0.1) is 10.7 Å². The molecular weight excluding hydrogens is 299 g/mol. The van der Waals surface area contributed by atoms with Gasteiger partial charge in [-0.05, 0) is 30.2 Å². The third kappa shape index (κ3) is 1.95. The number of hydrogen-bond donors (Lipinski definition) is 4. The largest absolute Gasteiger partial charge is 0.506 e. The molecule has 1 aromatic rings. The minimum Gasteiger partial charge on any atom is -0.506 e. The molecule has 0 radical (unpaired) electrons. The van der Waals surface area contributed by atoms with Crippen LogP contribution in [-0.2, 0) is 5.60 Å². The maximum atomic E-state index is 11.0. The van der Waals surface area contributed by atoms with E-state index < -0.39 is 5.60 Å². The van der Waals surface area contributed by atoms with Gasteiger partial charge in [-0.3, -0.25) is 0 Å². The van der Waals surface area contributed by atoms with Crippen LogP contribution in [-0.4, -0.2) is 10.2 Å². The minimum absolute atomic E-state index is 0.0573. The number of nitrogen functional groups attached to an aromatic ring is 1. The van der Waals surface area contributed by atoms with Gasteiger partial charge in [0.1, 0.15) is 16.4 Å². The number of phenols is 1. The molecule has 6 N–H and O–H groups in total. The van der Waals surface area contributed by atoms with Crippen LogP contribution in [0.4, 0.5) is 5.69 Å².